The molecule has 1 aromatic rings. The fraction of sp³-hybridized carbons (Fsp3) is 0.300. The van der Waals surface area contributed by atoms with Crippen LogP contribution >= 0.6 is 27.5 Å². The first-order chi connectivity index (χ1) is 7.99. The summed E-state index contributed by atoms with van der Waals surface area (Å²) in [5.41, 5.74) is 1.11. The Bertz CT molecular complexity index is 508. The smallest absolute Gasteiger partial charge is 0.269 e. The van der Waals surface area contributed by atoms with Crippen molar-refractivity contribution in [3.63, 3.8) is 0 Å². The van der Waals surface area contributed by atoms with Gasteiger partial charge in [0.1, 0.15) is 4.32 Å². The number of rotatable bonds is 3. The van der Waals surface area contributed by atoms with Gasteiger partial charge < -0.3 is 5.32 Å². The summed E-state index contributed by atoms with van der Waals surface area (Å²) >= 11 is 9.00. The Morgan fingerprint density at radius 3 is 2.82 bits per heavy atom. The Hall–Kier alpha value is -1.14. The van der Waals surface area contributed by atoms with Crippen LogP contribution in [0.15, 0.2) is 18.2 Å². The third-order valence-corrected chi connectivity index (χ3v) is 4.06. The van der Waals surface area contributed by atoms with Gasteiger partial charge in [-0.3, -0.25) is 14.9 Å². The lowest BCUT2D eigenvalue weighted by Crippen LogP contribution is -2.28. The van der Waals surface area contributed by atoms with E-state index in [0.717, 1.165) is 0 Å². The molecule has 0 saturated heterocycles. The molecule has 0 aliphatic carbocycles. The molecule has 0 radical (unpaired) electrons. The molecule has 1 amide bonds. The Balaban J connectivity index is 2.53. The fourth-order valence-corrected chi connectivity index (χ4v) is 2.94. The van der Waals surface area contributed by atoms with Crippen LogP contribution in [0, 0.1) is 10.1 Å². The number of carbonyl (C=O) groups is 1. The van der Waals surface area contributed by atoms with Gasteiger partial charge in [-0.2, -0.15) is 0 Å². The second kappa shape index (κ2) is 4.27. The SMILES string of the molecule is O=C1Nc2ccc([N+](=O)[O-])cc2[C@]1(Br)CCCl. The molecule has 0 bridgehead atoms. The van der Waals surface area contributed by atoms with Gasteiger partial charge in [-0.25, -0.2) is 0 Å². The van der Waals surface area contributed by atoms with Gasteiger partial charge in [0.15, 0.2) is 0 Å². The van der Waals surface area contributed by atoms with Crippen LogP contribution in [0.5, 0.6) is 0 Å². The van der Waals surface area contributed by atoms with E-state index >= 15 is 0 Å². The number of alkyl halides is 2. The van der Waals surface area contributed by atoms with Crippen LogP contribution in [-0.4, -0.2) is 16.7 Å². The second-order valence-electron chi connectivity index (χ2n) is 3.68. The van der Waals surface area contributed by atoms with E-state index in [4.69, 9.17) is 11.6 Å². The van der Waals surface area contributed by atoms with Gasteiger partial charge in [-0.05, 0) is 12.5 Å². The van der Waals surface area contributed by atoms with Crippen molar-refractivity contribution in [1.82, 2.24) is 0 Å². The Labute approximate surface area is 110 Å². The van der Waals surface area contributed by atoms with Crippen molar-refractivity contribution in [3.05, 3.63) is 33.9 Å². The number of amides is 1. The second-order valence-corrected chi connectivity index (χ2v) is 5.41. The Morgan fingerprint density at radius 1 is 1.53 bits per heavy atom. The average Bonchev–Trinajstić information content (AvgIpc) is 2.52. The van der Waals surface area contributed by atoms with Crippen molar-refractivity contribution in [2.45, 2.75) is 10.7 Å². The summed E-state index contributed by atoms with van der Waals surface area (Å²) in [6, 6.07) is 4.29. The van der Waals surface area contributed by atoms with Crippen LogP contribution in [-0.2, 0) is 9.12 Å². The number of carbonyl (C=O) groups excluding carboxylic acids is 1. The number of halogens is 2. The quantitative estimate of drug-likeness (QED) is 0.529. The number of nitro groups is 1. The van der Waals surface area contributed by atoms with E-state index in [1.54, 1.807) is 0 Å². The predicted molar refractivity (Wildman–Crippen MR) is 67.7 cm³/mol. The monoisotopic (exact) mass is 318 g/mol. The first-order valence-corrected chi connectivity index (χ1v) is 6.17. The van der Waals surface area contributed by atoms with Crippen LogP contribution in [0.4, 0.5) is 11.4 Å². The highest BCUT2D eigenvalue weighted by Crippen LogP contribution is 2.46. The van der Waals surface area contributed by atoms with Crippen molar-refractivity contribution in [2.75, 3.05) is 11.2 Å². The molecule has 1 heterocycles. The fourth-order valence-electron chi connectivity index (χ4n) is 1.80. The largest absolute Gasteiger partial charge is 0.324 e. The maximum atomic E-state index is 11.8. The molecule has 1 aromatic carbocycles. The summed E-state index contributed by atoms with van der Waals surface area (Å²) in [6.07, 6.45) is 0.370. The van der Waals surface area contributed by atoms with Crippen molar-refractivity contribution >= 4 is 44.8 Å². The van der Waals surface area contributed by atoms with E-state index in [0.29, 0.717) is 17.7 Å². The standard InChI is InChI=1S/C10H8BrClN2O3/c11-10(3-4-12)7-5-6(14(16)17)1-2-8(7)13-9(10)15/h1-2,5H,3-4H2,(H,13,15)/t10-/m1/s1. The lowest BCUT2D eigenvalue weighted by Gasteiger charge is -2.17. The summed E-state index contributed by atoms with van der Waals surface area (Å²) in [7, 11) is 0. The summed E-state index contributed by atoms with van der Waals surface area (Å²) in [4.78, 5) is 22.1. The minimum Gasteiger partial charge on any atom is -0.324 e. The molecule has 2 rings (SSSR count). The van der Waals surface area contributed by atoms with E-state index in [9.17, 15) is 14.9 Å². The van der Waals surface area contributed by atoms with E-state index in [1.165, 1.54) is 18.2 Å². The zero-order chi connectivity index (χ0) is 12.6. The number of hydrogen-bond donors (Lipinski definition) is 1. The molecule has 7 heteroatoms. The van der Waals surface area contributed by atoms with Gasteiger partial charge in [-0.15, -0.1) is 11.6 Å². The highest BCUT2D eigenvalue weighted by atomic mass is 79.9. The molecule has 0 aromatic heterocycles. The molecule has 0 unspecified atom stereocenters. The molecule has 1 atom stereocenters. The number of nitrogens with one attached hydrogen (secondary N) is 1. The number of nitrogens with zero attached hydrogens (tertiary/aromatic N) is 1. The van der Waals surface area contributed by atoms with E-state index in [1.807, 2.05) is 0 Å². The summed E-state index contributed by atoms with van der Waals surface area (Å²) in [5.74, 6) is 0.0366. The predicted octanol–water partition coefficient (Wildman–Crippen LogP) is 2.77. The molecular formula is C10H8BrClN2O3. The van der Waals surface area contributed by atoms with Gasteiger partial charge in [0, 0.05) is 29.3 Å². The molecule has 0 fully saturated rings. The maximum Gasteiger partial charge on any atom is 0.269 e. The molecule has 0 saturated carbocycles. The molecule has 0 spiro atoms. The molecule has 90 valence electrons. The minimum atomic E-state index is -0.962. The molecule has 1 aliphatic rings. The van der Waals surface area contributed by atoms with Crippen molar-refractivity contribution in [1.29, 1.82) is 0 Å². The summed E-state index contributed by atoms with van der Waals surface area (Å²) < 4.78 is -0.962. The van der Waals surface area contributed by atoms with Crippen LogP contribution in [0.25, 0.3) is 0 Å². The van der Waals surface area contributed by atoms with Crippen LogP contribution in [0.1, 0.15) is 12.0 Å². The number of anilines is 1. The summed E-state index contributed by atoms with van der Waals surface area (Å²) in [6.45, 7) is 0. The van der Waals surface area contributed by atoms with E-state index in [-0.39, 0.29) is 17.5 Å². The van der Waals surface area contributed by atoms with E-state index in [2.05, 4.69) is 21.2 Å². The average molecular weight is 320 g/mol. The number of fused-ring (bicyclic) bond motifs is 1. The first-order valence-electron chi connectivity index (χ1n) is 4.84. The van der Waals surface area contributed by atoms with Crippen LogP contribution in [0.2, 0.25) is 0 Å². The van der Waals surface area contributed by atoms with Crippen LogP contribution in [0.3, 0.4) is 0 Å². The molecule has 5 nitrogen and oxygen atoms in total. The highest BCUT2D eigenvalue weighted by molar-refractivity contribution is 9.10. The first kappa shape index (κ1) is 12.3. The van der Waals surface area contributed by atoms with Crippen molar-refractivity contribution in [3.8, 4) is 0 Å². The van der Waals surface area contributed by atoms with Gasteiger partial charge in [0.05, 0.1) is 4.92 Å². The maximum absolute atomic E-state index is 11.8. The normalized spacial score (nSPS) is 22.1. The molecular weight excluding hydrogens is 311 g/mol. The van der Waals surface area contributed by atoms with Crippen LogP contribution < -0.4 is 5.32 Å². The Morgan fingerprint density at radius 2 is 2.24 bits per heavy atom. The zero-order valence-electron chi connectivity index (χ0n) is 8.57. The van der Waals surface area contributed by atoms with Gasteiger partial charge >= 0.3 is 0 Å². The van der Waals surface area contributed by atoms with E-state index < -0.39 is 9.25 Å². The minimum absolute atomic E-state index is 0.0429. The zero-order valence-corrected chi connectivity index (χ0v) is 10.9. The van der Waals surface area contributed by atoms with Crippen molar-refractivity contribution in [2.24, 2.45) is 0 Å². The molecule has 1 aliphatic heterocycles. The third-order valence-electron chi connectivity index (χ3n) is 2.69. The van der Waals surface area contributed by atoms with Gasteiger partial charge in [0.25, 0.3) is 5.69 Å². The van der Waals surface area contributed by atoms with Gasteiger partial charge in [-0.1, -0.05) is 15.9 Å². The lowest BCUT2D eigenvalue weighted by atomic mass is 9.97. The van der Waals surface area contributed by atoms with Crippen molar-refractivity contribution < 1.29 is 9.72 Å². The van der Waals surface area contributed by atoms with Gasteiger partial charge in [0.2, 0.25) is 5.91 Å². The topological polar surface area (TPSA) is 72.2 Å². The molecule has 1 N–H and O–H groups in total. The number of hydrogen-bond acceptors (Lipinski definition) is 3. The number of benzene rings is 1. The third kappa shape index (κ3) is 1.91. The number of nitro benzene ring substituents is 1. The Kier molecular flexibility index (Phi) is 3.09. The number of non-ortho nitro benzene ring substituents is 1. The highest BCUT2D eigenvalue weighted by Gasteiger charge is 2.44. The molecule has 17 heavy (non-hydrogen) atoms. The lowest BCUT2D eigenvalue weighted by molar-refractivity contribution is -0.384. The summed E-state index contributed by atoms with van der Waals surface area (Å²) in [5, 5.41) is 13.4.